The first-order valence-electron chi connectivity index (χ1n) is 4.53. The summed E-state index contributed by atoms with van der Waals surface area (Å²) in [6.07, 6.45) is 2.47. The standard InChI is InChI=1S/C8H15NO3S/c1-2-13(11,12)9-5-3-4-8(6-9)7-10/h7-8H,2-6H2,1H3. The molecule has 76 valence electrons. The minimum Gasteiger partial charge on any atom is -0.303 e. The molecule has 0 saturated carbocycles. The quantitative estimate of drug-likeness (QED) is 0.620. The van der Waals surface area contributed by atoms with E-state index >= 15 is 0 Å². The van der Waals surface area contributed by atoms with Gasteiger partial charge in [0.25, 0.3) is 0 Å². The van der Waals surface area contributed by atoms with Gasteiger partial charge in [0.15, 0.2) is 0 Å². The van der Waals surface area contributed by atoms with Gasteiger partial charge >= 0.3 is 0 Å². The van der Waals surface area contributed by atoms with E-state index in [2.05, 4.69) is 0 Å². The molecule has 1 heterocycles. The van der Waals surface area contributed by atoms with Crippen molar-refractivity contribution in [2.75, 3.05) is 18.8 Å². The van der Waals surface area contributed by atoms with Crippen molar-refractivity contribution in [1.29, 1.82) is 0 Å². The second-order valence-corrected chi connectivity index (χ2v) is 5.55. The Balaban J connectivity index is 2.66. The van der Waals surface area contributed by atoms with Crippen LogP contribution in [0.3, 0.4) is 0 Å². The molecule has 0 aromatic carbocycles. The van der Waals surface area contributed by atoms with E-state index in [9.17, 15) is 13.2 Å². The molecule has 0 aromatic heterocycles. The molecule has 1 rings (SSSR count). The van der Waals surface area contributed by atoms with Crippen LogP contribution < -0.4 is 0 Å². The summed E-state index contributed by atoms with van der Waals surface area (Å²) in [5, 5.41) is 0. The molecule has 13 heavy (non-hydrogen) atoms. The summed E-state index contributed by atoms with van der Waals surface area (Å²) in [7, 11) is -3.09. The Kier molecular flexibility index (Phi) is 3.44. The Bertz CT molecular complexity index is 273. The number of carbonyl (C=O) groups excluding carboxylic acids is 1. The Morgan fingerprint density at radius 3 is 2.77 bits per heavy atom. The molecule has 1 fully saturated rings. The highest BCUT2D eigenvalue weighted by molar-refractivity contribution is 7.89. The van der Waals surface area contributed by atoms with Crippen LogP contribution in [-0.4, -0.2) is 37.9 Å². The van der Waals surface area contributed by atoms with E-state index in [1.54, 1.807) is 6.92 Å². The Labute approximate surface area is 79.0 Å². The number of rotatable bonds is 3. The summed E-state index contributed by atoms with van der Waals surface area (Å²) >= 11 is 0. The maximum Gasteiger partial charge on any atom is 0.213 e. The lowest BCUT2D eigenvalue weighted by atomic mass is 10.0. The molecule has 0 spiro atoms. The van der Waals surface area contributed by atoms with Gasteiger partial charge in [0.2, 0.25) is 10.0 Å². The SMILES string of the molecule is CCS(=O)(=O)N1CCCC(C=O)C1. The maximum absolute atomic E-state index is 11.4. The summed E-state index contributed by atoms with van der Waals surface area (Å²) in [6, 6.07) is 0. The van der Waals surface area contributed by atoms with Crippen LogP contribution in [0.5, 0.6) is 0 Å². The fourth-order valence-corrected chi connectivity index (χ4v) is 2.71. The molecule has 1 aliphatic heterocycles. The van der Waals surface area contributed by atoms with E-state index in [4.69, 9.17) is 0 Å². The van der Waals surface area contributed by atoms with E-state index in [1.165, 1.54) is 4.31 Å². The third-order valence-corrected chi connectivity index (χ3v) is 4.22. The summed E-state index contributed by atoms with van der Waals surface area (Å²) < 4.78 is 24.3. The van der Waals surface area contributed by atoms with E-state index in [0.717, 1.165) is 19.1 Å². The van der Waals surface area contributed by atoms with Crippen molar-refractivity contribution < 1.29 is 13.2 Å². The van der Waals surface area contributed by atoms with Crippen molar-refractivity contribution in [3.63, 3.8) is 0 Å². The molecule has 0 aromatic rings. The van der Waals surface area contributed by atoms with Gasteiger partial charge in [-0.15, -0.1) is 0 Å². The van der Waals surface area contributed by atoms with Crippen molar-refractivity contribution in [3.8, 4) is 0 Å². The molecule has 0 N–H and O–H groups in total. The average Bonchev–Trinajstić information content (AvgIpc) is 2.18. The van der Waals surface area contributed by atoms with Gasteiger partial charge in [-0.25, -0.2) is 12.7 Å². The first kappa shape index (κ1) is 10.7. The van der Waals surface area contributed by atoms with Gasteiger partial charge in [-0.2, -0.15) is 0 Å². The average molecular weight is 205 g/mol. The van der Waals surface area contributed by atoms with Gasteiger partial charge in [-0.1, -0.05) is 0 Å². The largest absolute Gasteiger partial charge is 0.303 e. The molecule has 0 radical (unpaired) electrons. The van der Waals surface area contributed by atoms with E-state index < -0.39 is 10.0 Å². The molecule has 1 unspecified atom stereocenters. The summed E-state index contributed by atoms with van der Waals surface area (Å²) in [4.78, 5) is 10.5. The normalized spacial score (nSPS) is 25.8. The number of piperidine rings is 1. The Morgan fingerprint density at radius 1 is 1.54 bits per heavy atom. The lowest BCUT2D eigenvalue weighted by molar-refractivity contribution is -0.112. The molecule has 4 nitrogen and oxygen atoms in total. The second kappa shape index (κ2) is 4.19. The highest BCUT2D eigenvalue weighted by atomic mass is 32.2. The van der Waals surface area contributed by atoms with Gasteiger partial charge in [-0.05, 0) is 19.8 Å². The third-order valence-electron chi connectivity index (χ3n) is 2.37. The van der Waals surface area contributed by atoms with Gasteiger partial charge in [0.1, 0.15) is 6.29 Å². The number of hydrogen-bond acceptors (Lipinski definition) is 3. The molecule has 0 bridgehead atoms. The van der Waals surface area contributed by atoms with Gasteiger partial charge < -0.3 is 4.79 Å². The number of hydrogen-bond donors (Lipinski definition) is 0. The topological polar surface area (TPSA) is 54.5 Å². The van der Waals surface area contributed by atoms with E-state index in [1.807, 2.05) is 0 Å². The lowest BCUT2D eigenvalue weighted by Crippen LogP contribution is -2.41. The summed E-state index contributed by atoms with van der Waals surface area (Å²) in [6.45, 7) is 2.57. The lowest BCUT2D eigenvalue weighted by Gasteiger charge is -2.28. The zero-order valence-electron chi connectivity index (χ0n) is 7.77. The number of nitrogens with zero attached hydrogens (tertiary/aromatic N) is 1. The number of sulfonamides is 1. The smallest absolute Gasteiger partial charge is 0.213 e. The minimum atomic E-state index is -3.09. The van der Waals surface area contributed by atoms with Crippen LogP contribution in [-0.2, 0) is 14.8 Å². The predicted octanol–water partition coefficient (Wildman–Crippen LogP) is 0.247. The van der Waals surface area contributed by atoms with Crippen molar-refractivity contribution in [2.24, 2.45) is 5.92 Å². The van der Waals surface area contributed by atoms with Crippen LogP contribution in [0.4, 0.5) is 0 Å². The van der Waals surface area contributed by atoms with Crippen molar-refractivity contribution in [3.05, 3.63) is 0 Å². The van der Waals surface area contributed by atoms with Crippen LogP contribution in [0, 0.1) is 5.92 Å². The van der Waals surface area contributed by atoms with Crippen LogP contribution in [0.1, 0.15) is 19.8 Å². The molecular formula is C8H15NO3S. The molecule has 1 atom stereocenters. The van der Waals surface area contributed by atoms with Crippen LogP contribution in [0.2, 0.25) is 0 Å². The first-order chi connectivity index (χ1) is 6.10. The fraction of sp³-hybridized carbons (Fsp3) is 0.875. The van der Waals surface area contributed by atoms with Crippen LogP contribution in [0.25, 0.3) is 0 Å². The maximum atomic E-state index is 11.4. The fourth-order valence-electron chi connectivity index (χ4n) is 1.52. The van der Waals surface area contributed by atoms with E-state index in [0.29, 0.717) is 13.1 Å². The van der Waals surface area contributed by atoms with Crippen LogP contribution >= 0.6 is 0 Å². The number of aldehydes is 1. The van der Waals surface area contributed by atoms with Gasteiger partial charge in [0.05, 0.1) is 5.75 Å². The Hall–Kier alpha value is -0.420. The van der Waals surface area contributed by atoms with E-state index in [-0.39, 0.29) is 11.7 Å². The molecule has 0 amide bonds. The van der Waals surface area contributed by atoms with Crippen molar-refractivity contribution in [1.82, 2.24) is 4.31 Å². The zero-order valence-corrected chi connectivity index (χ0v) is 8.59. The predicted molar refractivity (Wildman–Crippen MR) is 49.8 cm³/mol. The molecule has 1 aliphatic rings. The van der Waals surface area contributed by atoms with Crippen LogP contribution in [0.15, 0.2) is 0 Å². The van der Waals surface area contributed by atoms with Crippen molar-refractivity contribution in [2.45, 2.75) is 19.8 Å². The Morgan fingerprint density at radius 2 is 2.23 bits per heavy atom. The minimum absolute atomic E-state index is 0.102. The highest BCUT2D eigenvalue weighted by Gasteiger charge is 2.26. The number of carbonyl (C=O) groups is 1. The highest BCUT2D eigenvalue weighted by Crippen LogP contribution is 2.17. The molecule has 1 saturated heterocycles. The molecule has 5 heteroatoms. The zero-order chi connectivity index (χ0) is 9.90. The van der Waals surface area contributed by atoms with Crippen molar-refractivity contribution >= 4 is 16.3 Å². The summed E-state index contributed by atoms with van der Waals surface area (Å²) in [5.41, 5.74) is 0. The van der Waals surface area contributed by atoms with Gasteiger partial charge in [-0.3, -0.25) is 0 Å². The monoisotopic (exact) mass is 205 g/mol. The van der Waals surface area contributed by atoms with Gasteiger partial charge in [0, 0.05) is 19.0 Å². The third kappa shape index (κ3) is 2.51. The molecule has 0 aliphatic carbocycles. The first-order valence-corrected chi connectivity index (χ1v) is 6.14. The summed E-state index contributed by atoms with van der Waals surface area (Å²) in [5.74, 6) is 0.0218. The molecular weight excluding hydrogens is 190 g/mol. The second-order valence-electron chi connectivity index (χ2n) is 3.30.